The van der Waals surface area contributed by atoms with Crippen LogP contribution in [0.4, 0.5) is 13.2 Å². The van der Waals surface area contributed by atoms with Gasteiger partial charge in [-0.25, -0.2) is 0 Å². The Hall–Kier alpha value is -1.57. The smallest absolute Gasteiger partial charge is 0.381 e. The highest BCUT2D eigenvalue weighted by atomic mass is 32.2. The fourth-order valence-electron chi connectivity index (χ4n) is 1.81. The Morgan fingerprint density at radius 2 is 2.11 bits per heavy atom. The van der Waals surface area contributed by atoms with Gasteiger partial charge in [-0.3, -0.25) is 4.98 Å². The zero-order valence-corrected chi connectivity index (χ0v) is 10.4. The van der Waals surface area contributed by atoms with Crippen LogP contribution in [-0.2, 0) is 14.3 Å². The number of nitrogens with zero attached hydrogens (tertiary/aromatic N) is 1. The van der Waals surface area contributed by atoms with Gasteiger partial charge >= 0.3 is 15.6 Å². The summed E-state index contributed by atoms with van der Waals surface area (Å²) in [6.07, 6.45) is 5.08. The maximum absolute atomic E-state index is 12.2. The summed E-state index contributed by atoms with van der Waals surface area (Å²) in [6, 6.07) is 3.49. The first-order valence-corrected chi connectivity index (χ1v) is 6.80. The Labute approximate surface area is 108 Å². The number of rotatable bonds is 3. The fourth-order valence-corrected chi connectivity index (χ4v) is 2.32. The van der Waals surface area contributed by atoms with E-state index < -0.39 is 15.6 Å². The van der Waals surface area contributed by atoms with Crippen LogP contribution < -0.4 is 0 Å². The second-order valence-corrected chi connectivity index (χ2v) is 5.61. The molecule has 0 bridgehead atoms. The van der Waals surface area contributed by atoms with Gasteiger partial charge in [-0.2, -0.15) is 21.6 Å². The zero-order chi connectivity index (χ0) is 14.1. The molecule has 1 heterocycles. The summed E-state index contributed by atoms with van der Waals surface area (Å²) in [5.41, 5.74) is -4.57. The van der Waals surface area contributed by atoms with E-state index in [9.17, 15) is 21.6 Å². The molecule has 0 radical (unpaired) electrons. The molecule has 8 heteroatoms. The van der Waals surface area contributed by atoms with Crippen LogP contribution in [0.2, 0.25) is 0 Å². The van der Waals surface area contributed by atoms with Crippen molar-refractivity contribution in [1.29, 1.82) is 0 Å². The third-order valence-electron chi connectivity index (χ3n) is 2.73. The van der Waals surface area contributed by atoms with E-state index in [-0.39, 0.29) is 18.1 Å². The Kier molecular flexibility index (Phi) is 3.53. The standard InChI is InChI=1S/C11H10F3NO3S/c12-11(13,14)19(16,17)18-10-4-3-8(6-10)9-2-1-5-15-7-9/h1-2,4-5,7-8H,3,6H2. The van der Waals surface area contributed by atoms with E-state index in [0.717, 1.165) is 5.56 Å². The normalized spacial score (nSPS) is 20.2. The summed E-state index contributed by atoms with van der Waals surface area (Å²) >= 11 is 0. The molecule has 1 aromatic heterocycles. The molecule has 0 aliphatic heterocycles. The van der Waals surface area contributed by atoms with E-state index >= 15 is 0 Å². The summed E-state index contributed by atoms with van der Waals surface area (Å²) in [5.74, 6) is -0.279. The summed E-state index contributed by atoms with van der Waals surface area (Å²) in [7, 11) is -5.57. The van der Waals surface area contributed by atoms with Gasteiger partial charge in [-0.1, -0.05) is 6.07 Å². The van der Waals surface area contributed by atoms with E-state index in [1.54, 1.807) is 24.5 Å². The summed E-state index contributed by atoms with van der Waals surface area (Å²) in [5, 5.41) is 0. The van der Waals surface area contributed by atoms with Gasteiger partial charge in [0.1, 0.15) is 5.76 Å². The van der Waals surface area contributed by atoms with E-state index in [4.69, 9.17) is 0 Å². The molecule has 1 unspecified atom stereocenters. The maximum Gasteiger partial charge on any atom is 0.534 e. The monoisotopic (exact) mass is 293 g/mol. The van der Waals surface area contributed by atoms with Gasteiger partial charge in [0.2, 0.25) is 0 Å². The molecular weight excluding hydrogens is 283 g/mol. The van der Waals surface area contributed by atoms with Crippen molar-refractivity contribution in [2.75, 3.05) is 0 Å². The number of alkyl halides is 3. The van der Waals surface area contributed by atoms with Crippen molar-refractivity contribution < 1.29 is 25.8 Å². The van der Waals surface area contributed by atoms with Crippen LogP contribution in [0.25, 0.3) is 0 Å². The highest BCUT2D eigenvalue weighted by Crippen LogP contribution is 2.36. The second kappa shape index (κ2) is 4.84. The van der Waals surface area contributed by atoms with Gasteiger partial charge in [-0.15, -0.1) is 0 Å². The van der Waals surface area contributed by atoms with Gasteiger partial charge in [-0.05, 0) is 30.0 Å². The Bertz CT molecular complexity index is 581. The molecular formula is C11H10F3NO3S. The van der Waals surface area contributed by atoms with E-state index in [1.165, 1.54) is 6.08 Å². The van der Waals surface area contributed by atoms with Gasteiger partial charge in [0.25, 0.3) is 0 Å². The van der Waals surface area contributed by atoms with Crippen LogP contribution in [0.15, 0.2) is 36.4 Å². The van der Waals surface area contributed by atoms with E-state index in [1.807, 2.05) is 0 Å². The van der Waals surface area contributed by atoms with Crippen molar-refractivity contribution in [3.8, 4) is 0 Å². The number of pyridine rings is 1. The van der Waals surface area contributed by atoms with Gasteiger partial charge < -0.3 is 4.18 Å². The van der Waals surface area contributed by atoms with Crippen LogP contribution in [-0.4, -0.2) is 18.9 Å². The molecule has 1 aliphatic rings. The molecule has 0 saturated carbocycles. The van der Waals surface area contributed by atoms with Gasteiger partial charge in [0.15, 0.2) is 0 Å². The van der Waals surface area contributed by atoms with Crippen LogP contribution >= 0.6 is 0 Å². The van der Waals surface area contributed by atoms with E-state index in [2.05, 4.69) is 9.17 Å². The van der Waals surface area contributed by atoms with Crippen LogP contribution in [0.3, 0.4) is 0 Å². The van der Waals surface area contributed by atoms with Crippen molar-refractivity contribution in [3.05, 3.63) is 41.9 Å². The van der Waals surface area contributed by atoms with Gasteiger partial charge in [0.05, 0.1) is 0 Å². The predicted molar refractivity (Wildman–Crippen MR) is 60.4 cm³/mol. The molecule has 19 heavy (non-hydrogen) atoms. The molecule has 1 aliphatic carbocycles. The summed E-state index contributed by atoms with van der Waals surface area (Å²) < 4.78 is 62.3. The Balaban J connectivity index is 2.04. The van der Waals surface area contributed by atoms with Crippen molar-refractivity contribution in [2.24, 2.45) is 0 Å². The molecule has 0 amide bonds. The average Bonchev–Trinajstić information content (AvgIpc) is 2.76. The predicted octanol–water partition coefficient (Wildman–Crippen LogP) is 2.71. The Morgan fingerprint density at radius 1 is 1.37 bits per heavy atom. The highest BCUT2D eigenvalue weighted by Gasteiger charge is 2.49. The SMILES string of the molecule is O=S(=O)(OC1=CCC(c2cccnc2)C1)C(F)(F)F. The molecule has 0 saturated heterocycles. The first-order chi connectivity index (χ1) is 8.79. The molecule has 2 rings (SSSR count). The minimum Gasteiger partial charge on any atom is -0.381 e. The molecule has 0 spiro atoms. The minimum atomic E-state index is -5.57. The lowest BCUT2D eigenvalue weighted by atomic mass is 9.99. The van der Waals surface area contributed by atoms with Crippen molar-refractivity contribution in [2.45, 2.75) is 24.3 Å². The summed E-state index contributed by atoms with van der Waals surface area (Å²) in [6.45, 7) is 0. The molecule has 104 valence electrons. The maximum atomic E-state index is 12.2. The van der Waals surface area contributed by atoms with Crippen molar-refractivity contribution in [1.82, 2.24) is 4.98 Å². The second-order valence-electron chi connectivity index (χ2n) is 4.08. The number of aromatic nitrogens is 1. The van der Waals surface area contributed by atoms with Crippen LogP contribution in [0, 0.1) is 0 Å². The largest absolute Gasteiger partial charge is 0.534 e. The van der Waals surface area contributed by atoms with Crippen molar-refractivity contribution >= 4 is 10.1 Å². The third-order valence-corrected chi connectivity index (χ3v) is 3.73. The highest BCUT2D eigenvalue weighted by molar-refractivity contribution is 7.87. The fraction of sp³-hybridized carbons (Fsp3) is 0.364. The molecule has 0 fully saturated rings. The number of halogens is 3. The lowest BCUT2D eigenvalue weighted by molar-refractivity contribution is -0.0523. The third kappa shape index (κ3) is 3.06. The van der Waals surface area contributed by atoms with Gasteiger partial charge in [0, 0.05) is 18.8 Å². The number of allylic oxidation sites excluding steroid dienone is 2. The Morgan fingerprint density at radius 3 is 2.68 bits per heavy atom. The topological polar surface area (TPSA) is 56.3 Å². The molecule has 0 N–H and O–H groups in total. The summed E-state index contributed by atoms with van der Waals surface area (Å²) in [4.78, 5) is 3.91. The molecule has 1 atom stereocenters. The molecule has 1 aromatic rings. The lowest BCUT2D eigenvalue weighted by Gasteiger charge is -2.12. The molecule has 4 nitrogen and oxygen atoms in total. The number of hydrogen-bond acceptors (Lipinski definition) is 4. The first kappa shape index (κ1) is 13.9. The van der Waals surface area contributed by atoms with E-state index in [0.29, 0.717) is 6.42 Å². The zero-order valence-electron chi connectivity index (χ0n) is 9.59. The lowest BCUT2D eigenvalue weighted by Crippen LogP contribution is -2.25. The average molecular weight is 293 g/mol. The number of hydrogen-bond donors (Lipinski definition) is 0. The minimum absolute atomic E-state index is 0.105. The van der Waals surface area contributed by atoms with Crippen molar-refractivity contribution in [3.63, 3.8) is 0 Å². The quantitative estimate of drug-likeness (QED) is 0.635. The van der Waals surface area contributed by atoms with Crippen LogP contribution in [0.1, 0.15) is 24.3 Å². The molecule has 0 aromatic carbocycles. The first-order valence-electron chi connectivity index (χ1n) is 5.39. The van der Waals surface area contributed by atoms with Crippen LogP contribution in [0.5, 0.6) is 0 Å².